The number of urea groups is 1. The summed E-state index contributed by atoms with van der Waals surface area (Å²) in [6, 6.07) is 1.34. The van der Waals surface area contributed by atoms with Crippen molar-refractivity contribution in [1.29, 1.82) is 0 Å². The molecule has 1 aliphatic heterocycles. The summed E-state index contributed by atoms with van der Waals surface area (Å²) in [4.78, 5) is 14.1. The summed E-state index contributed by atoms with van der Waals surface area (Å²) in [5.74, 6) is 1.35. The highest BCUT2D eigenvalue weighted by molar-refractivity contribution is 7.99. The molecule has 1 aliphatic rings. The van der Waals surface area contributed by atoms with Crippen molar-refractivity contribution in [3.8, 4) is 0 Å². The monoisotopic (exact) mass is 332 g/mol. The zero-order valence-corrected chi connectivity index (χ0v) is 13.5. The summed E-state index contributed by atoms with van der Waals surface area (Å²) in [7, 11) is 0. The normalized spacial score (nSPS) is 19.3. The van der Waals surface area contributed by atoms with Gasteiger partial charge in [-0.05, 0) is 18.6 Å². The third-order valence-corrected chi connectivity index (χ3v) is 4.71. The molecule has 22 heavy (non-hydrogen) atoms. The van der Waals surface area contributed by atoms with Gasteiger partial charge in [0.2, 0.25) is 0 Å². The number of likely N-dealkylation sites (tertiary alicyclic amines) is 1. The number of anilines is 1. The number of carbonyl (C=O) groups excluding carboxylic acids is 1. The van der Waals surface area contributed by atoms with Gasteiger partial charge in [-0.1, -0.05) is 13.3 Å². The first-order chi connectivity index (χ1) is 10.6. The Kier molecular flexibility index (Phi) is 6.48. The van der Waals surface area contributed by atoms with Gasteiger partial charge in [-0.25, -0.2) is 13.6 Å². The molecule has 1 atom stereocenters. The fourth-order valence-corrected chi connectivity index (χ4v) is 3.61. The molecule has 0 unspecified atom stereocenters. The second-order valence-corrected chi connectivity index (χ2v) is 6.84. The quantitative estimate of drug-likeness (QED) is 0.900. The van der Waals surface area contributed by atoms with Crippen LogP contribution in [-0.2, 0) is 6.54 Å². The summed E-state index contributed by atoms with van der Waals surface area (Å²) >= 11 is 1.88. The molecule has 0 bridgehead atoms. The molecule has 8 heteroatoms. The van der Waals surface area contributed by atoms with Crippen LogP contribution < -0.4 is 5.32 Å². The van der Waals surface area contributed by atoms with Crippen LogP contribution in [0.5, 0.6) is 0 Å². The maximum absolute atomic E-state index is 12.3. The molecule has 2 amide bonds. The smallest absolute Gasteiger partial charge is 0.323 e. The molecule has 0 spiro atoms. The maximum atomic E-state index is 12.3. The second-order valence-electron chi connectivity index (χ2n) is 5.26. The Balaban J connectivity index is 1.91. The van der Waals surface area contributed by atoms with Gasteiger partial charge >= 0.3 is 6.03 Å². The minimum absolute atomic E-state index is 0.203. The Morgan fingerprint density at radius 3 is 3.09 bits per heavy atom. The number of hydrogen-bond acceptors (Lipinski definition) is 3. The van der Waals surface area contributed by atoms with Gasteiger partial charge in [-0.15, -0.1) is 0 Å². The standard InChI is InChI=1S/C14H22F2N4OS/c1-2-22-11-5-3-4-7-19(9-11)14(21)17-13-6-8-20(18-13)10-12(15)16/h6,8,11-12H,2-5,7,9-10H2,1H3,(H,17,18,21)/t11-/m0/s1. The molecule has 2 rings (SSSR count). The van der Waals surface area contributed by atoms with E-state index in [1.165, 1.54) is 12.3 Å². The summed E-state index contributed by atoms with van der Waals surface area (Å²) < 4.78 is 25.7. The van der Waals surface area contributed by atoms with Crippen LogP contribution >= 0.6 is 11.8 Å². The first-order valence-electron chi connectivity index (χ1n) is 7.57. The highest BCUT2D eigenvalue weighted by atomic mass is 32.2. The van der Waals surface area contributed by atoms with Crippen LogP contribution in [-0.4, -0.2) is 51.2 Å². The van der Waals surface area contributed by atoms with E-state index in [9.17, 15) is 13.6 Å². The first kappa shape index (κ1) is 17.1. The maximum Gasteiger partial charge on any atom is 0.323 e. The molecule has 124 valence electrons. The van der Waals surface area contributed by atoms with E-state index in [1.54, 1.807) is 4.90 Å². The van der Waals surface area contributed by atoms with Crippen LogP contribution in [0.2, 0.25) is 0 Å². The van der Waals surface area contributed by atoms with Gasteiger partial charge in [-0.2, -0.15) is 16.9 Å². The lowest BCUT2D eigenvalue weighted by Gasteiger charge is -2.23. The van der Waals surface area contributed by atoms with Crippen molar-refractivity contribution in [2.45, 2.75) is 44.4 Å². The third kappa shape index (κ3) is 5.15. The molecule has 0 aliphatic carbocycles. The van der Waals surface area contributed by atoms with Crippen molar-refractivity contribution < 1.29 is 13.6 Å². The molecule has 0 radical (unpaired) electrons. The van der Waals surface area contributed by atoms with Crippen LogP contribution in [0, 0.1) is 0 Å². The average Bonchev–Trinajstić information content (AvgIpc) is 2.74. The molecule has 0 aromatic carbocycles. The lowest BCUT2D eigenvalue weighted by molar-refractivity contribution is 0.122. The molecule has 1 aromatic rings. The van der Waals surface area contributed by atoms with Crippen molar-refractivity contribution in [2.75, 3.05) is 24.2 Å². The van der Waals surface area contributed by atoms with Gasteiger partial charge in [0.25, 0.3) is 6.43 Å². The van der Waals surface area contributed by atoms with Crippen LogP contribution in [0.15, 0.2) is 12.3 Å². The summed E-state index contributed by atoms with van der Waals surface area (Å²) in [5, 5.41) is 7.10. The number of halogens is 2. The molecule has 1 saturated heterocycles. The fraction of sp³-hybridized carbons (Fsp3) is 0.714. The first-order valence-corrected chi connectivity index (χ1v) is 8.62. The minimum Gasteiger partial charge on any atom is -0.323 e. The van der Waals surface area contributed by atoms with E-state index in [2.05, 4.69) is 17.3 Å². The topological polar surface area (TPSA) is 50.2 Å². The van der Waals surface area contributed by atoms with Gasteiger partial charge in [0.05, 0.1) is 0 Å². The van der Waals surface area contributed by atoms with E-state index in [0.29, 0.717) is 11.1 Å². The molecule has 1 fully saturated rings. The highest BCUT2D eigenvalue weighted by Crippen LogP contribution is 2.22. The Labute approximate surface area is 133 Å². The highest BCUT2D eigenvalue weighted by Gasteiger charge is 2.22. The van der Waals surface area contributed by atoms with Gasteiger partial charge in [0.15, 0.2) is 5.82 Å². The van der Waals surface area contributed by atoms with Crippen molar-refractivity contribution in [1.82, 2.24) is 14.7 Å². The largest absolute Gasteiger partial charge is 0.323 e. The predicted molar refractivity (Wildman–Crippen MR) is 84.6 cm³/mol. The number of hydrogen-bond donors (Lipinski definition) is 1. The zero-order chi connectivity index (χ0) is 15.9. The minimum atomic E-state index is -2.46. The van der Waals surface area contributed by atoms with E-state index >= 15 is 0 Å². The molecule has 1 N–H and O–H groups in total. The van der Waals surface area contributed by atoms with E-state index in [4.69, 9.17) is 0 Å². The number of amides is 2. The van der Waals surface area contributed by atoms with E-state index in [-0.39, 0.29) is 6.03 Å². The van der Waals surface area contributed by atoms with Crippen molar-refractivity contribution in [3.63, 3.8) is 0 Å². The molecule has 5 nitrogen and oxygen atoms in total. The SMILES string of the molecule is CCS[C@H]1CCCCN(C(=O)Nc2ccn(CC(F)F)n2)C1. The zero-order valence-electron chi connectivity index (χ0n) is 12.7. The molecular formula is C14H22F2N4OS. The summed E-state index contributed by atoms with van der Waals surface area (Å²) in [6.07, 6.45) is 2.24. The van der Waals surface area contributed by atoms with Crippen molar-refractivity contribution in [3.05, 3.63) is 12.3 Å². The average molecular weight is 332 g/mol. The Hall–Kier alpha value is -1.31. The number of nitrogens with zero attached hydrogens (tertiary/aromatic N) is 3. The molecular weight excluding hydrogens is 310 g/mol. The van der Waals surface area contributed by atoms with Crippen LogP contribution in [0.3, 0.4) is 0 Å². The number of alkyl halides is 2. The van der Waals surface area contributed by atoms with Gasteiger partial charge in [0.1, 0.15) is 6.54 Å². The number of aromatic nitrogens is 2. The Morgan fingerprint density at radius 1 is 1.55 bits per heavy atom. The van der Waals surface area contributed by atoms with Gasteiger partial charge in [0, 0.05) is 30.6 Å². The van der Waals surface area contributed by atoms with E-state index in [1.807, 2.05) is 11.8 Å². The fourth-order valence-electron chi connectivity index (χ4n) is 2.52. The van der Waals surface area contributed by atoms with Crippen molar-refractivity contribution >= 4 is 23.6 Å². The van der Waals surface area contributed by atoms with E-state index < -0.39 is 13.0 Å². The van der Waals surface area contributed by atoms with Crippen molar-refractivity contribution in [2.24, 2.45) is 0 Å². The molecule has 1 aromatic heterocycles. The number of thioether (sulfide) groups is 1. The lowest BCUT2D eigenvalue weighted by Crippen LogP contribution is -2.38. The lowest BCUT2D eigenvalue weighted by atomic mass is 10.2. The van der Waals surface area contributed by atoms with Crippen LogP contribution in [0.25, 0.3) is 0 Å². The van der Waals surface area contributed by atoms with E-state index in [0.717, 1.165) is 42.8 Å². The Bertz CT molecular complexity index is 483. The predicted octanol–water partition coefficient (Wildman–Crippen LogP) is 3.29. The number of carbonyl (C=O) groups is 1. The van der Waals surface area contributed by atoms with Gasteiger partial charge in [-0.3, -0.25) is 10.00 Å². The molecule has 2 heterocycles. The summed E-state index contributed by atoms with van der Waals surface area (Å²) in [6.45, 7) is 3.11. The second kappa shape index (κ2) is 8.36. The number of rotatable bonds is 5. The molecule has 0 saturated carbocycles. The van der Waals surface area contributed by atoms with Gasteiger partial charge < -0.3 is 4.90 Å². The Morgan fingerprint density at radius 2 is 2.36 bits per heavy atom. The number of nitrogens with one attached hydrogen (secondary N) is 1. The van der Waals surface area contributed by atoms with Crippen LogP contribution in [0.1, 0.15) is 26.2 Å². The van der Waals surface area contributed by atoms with Crippen LogP contribution in [0.4, 0.5) is 19.4 Å². The summed E-state index contributed by atoms with van der Waals surface area (Å²) in [5.41, 5.74) is 0. The third-order valence-electron chi connectivity index (χ3n) is 3.52.